The SMILES string of the molecule is CCCC[C@@H](CC(=O)O)NC(=O)c1nnc2n1CCCCC2. The molecule has 1 amide bonds. The Morgan fingerprint density at radius 2 is 2.14 bits per heavy atom. The minimum atomic E-state index is -0.901. The van der Waals surface area contributed by atoms with E-state index >= 15 is 0 Å². The summed E-state index contributed by atoms with van der Waals surface area (Å²) in [6.07, 6.45) is 6.50. The number of amides is 1. The van der Waals surface area contributed by atoms with E-state index in [4.69, 9.17) is 5.11 Å². The van der Waals surface area contributed by atoms with Gasteiger partial charge in [-0.15, -0.1) is 10.2 Å². The lowest BCUT2D eigenvalue weighted by atomic mass is 10.1. The maximum Gasteiger partial charge on any atom is 0.305 e. The molecule has 2 heterocycles. The van der Waals surface area contributed by atoms with Gasteiger partial charge in [-0.25, -0.2) is 0 Å². The first-order valence-electron chi connectivity index (χ1n) is 8.06. The number of carboxylic acids is 1. The zero-order valence-corrected chi connectivity index (χ0v) is 13.0. The lowest BCUT2D eigenvalue weighted by Crippen LogP contribution is -2.38. The molecule has 0 aromatic carbocycles. The average Bonchev–Trinajstić information content (AvgIpc) is 2.73. The molecule has 0 spiro atoms. The normalized spacial score (nSPS) is 15.7. The molecule has 1 aromatic heterocycles. The van der Waals surface area contributed by atoms with Crippen LogP contribution in [0.5, 0.6) is 0 Å². The molecule has 1 aliphatic rings. The van der Waals surface area contributed by atoms with E-state index in [2.05, 4.69) is 15.5 Å². The summed E-state index contributed by atoms with van der Waals surface area (Å²) in [5.74, 6) is -0.0562. The van der Waals surface area contributed by atoms with Crippen LogP contribution in [0.2, 0.25) is 0 Å². The maximum absolute atomic E-state index is 12.4. The van der Waals surface area contributed by atoms with Crippen LogP contribution in [0, 0.1) is 0 Å². The monoisotopic (exact) mass is 308 g/mol. The smallest absolute Gasteiger partial charge is 0.305 e. The summed E-state index contributed by atoms with van der Waals surface area (Å²) in [6.45, 7) is 2.79. The van der Waals surface area contributed by atoms with Gasteiger partial charge in [0.15, 0.2) is 0 Å². The molecule has 1 aliphatic heterocycles. The second-order valence-corrected chi connectivity index (χ2v) is 5.81. The van der Waals surface area contributed by atoms with Crippen molar-refractivity contribution in [3.8, 4) is 0 Å². The molecule has 0 bridgehead atoms. The van der Waals surface area contributed by atoms with Crippen LogP contribution in [0.25, 0.3) is 0 Å². The summed E-state index contributed by atoms with van der Waals surface area (Å²) < 4.78 is 1.87. The number of aryl methyl sites for hydroxylation is 1. The summed E-state index contributed by atoms with van der Waals surface area (Å²) in [6, 6.07) is -0.358. The molecule has 0 unspecified atom stereocenters. The number of carbonyl (C=O) groups is 2. The van der Waals surface area contributed by atoms with Gasteiger partial charge in [-0.05, 0) is 19.3 Å². The zero-order chi connectivity index (χ0) is 15.9. The van der Waals surface area contributed by atoms with Gasteiger partial charge < -0.3 is 15.0 Å². The van der Waals surface area contributed by atoms with Crippen molar-refractivity contribution >= 4 is 11.9 Å². The van der Waals surface area contributed by atoms with Crippen LogP contribution in [0.15, 0.2) is 0 Å². The van der Waals surface area contributed by atoms with E-state index in [-0.39, 0.29) is 18.4 Å². The molecule has 22 heavy (non-hydrogen) atoms. The van der Waals surface area contributed by atoms with Gasteiger partial charge >= 0.3 is 5.97 Å². The molecule has 7 nitrogen and oxygen atoms in total. The Hall–Kier alpha value is -1.92. The molecule has 1 atom stereocenters. The summed E-state index contributed by atoms with van der Waals surface area (Å²) in [4.78, 5) is 23.4. The number of rotatable bonds is 7. The van der Waals surface area contributed by atoms with Crippen molar-refractivity contribution in [2.45, 2.75) is 70.9 Å². The van der Waals surface area contributed by atoms with Crippen molar-refractivity contribution in [1.29, 1.82) is 0 Å². The Balaban J connectivity index is 2.06. The van der Waals surface area contributed by atoms with E-state index in [1.165, 1.54) is 0 Å². The Labute approximate surface area is 130 Å². The topological polar surface area (TPSA) is 97.1 Å². The van der Waals surface area contributed by atoms with Gasteiger partial charge in [-0.2, -0.15) is 0 Å². The third-order valence-electron chi connectivity index (χ3n) is 3.97. The molecular weight excluding hydrogens is 284 g/mol. The zero-order valence-electron chi connectivity index (χ0n) is 13.0. The number of carboxylic acid groups (broad SMARTS) is 1. The second-order valence-electron chi connectivity index (χ2n) is 5.81. The lowest BCUT2D eigenvalue weighted by molar-refractivity contribution is -0.137. The molecule has 7 heteroatoms. The minimum Gasteiger partial charge on any atom is -0.481 e. The van der Waals surface area contributed by atoms with Crippen LogP contribution < -0.4 is 5.32 Å². The summed E-state index contributed by atoms with van der Waals surface area (Å²) in [5.41, 5.74) is 0. The molecule has 1 aromatic rings. The van der Waals surface area contributed by atoms with Gasteiger partial charge in [0, 0.05) is 19.0 Å². The van der Waals surface area contributed by atoms with Gasteiger partial charge in [0.2, 0.25) is 5.82 Å². The molecule has 0 radical (unpaired) electrons. The standard InChI is InChI=1S/C15H24N4O3/c1-2-3-7-11(10-13(20)21)16-15(22)14-18-17-12-8-5-4-6-9-19(12)14/h11H,2-10H2,1H3,(H,16,22)(H,20,21)/t11-/m0/s1. The third-order valence-corrected chi connectivity index (χ3v) is 3.97. The number of carbonyl (C=O) groups excluding carboxylic acids is 1. The van der Waals surface area contributed by atoms with E-state index < -0.39 is 5.97 Å². The number of hydrogen-bond donors (Lipinski definition) is 2. The fourth-order valence-corrected chi connectivity index (χ4v) is 2.79. The first-order chi connectivity index (χ1) is 10.6. The Morgan fingerprint density at radius 1 is 1.32 bits per heavy atom. The number of aliphatic carboxylic acids is 1. The first-order valence-corrected chi connectivity index (χ1v) is 8.06. The van der Waals surface area contributed by atoms with Crippen molar-refractivity contribution in [2.24, 2.45) is 0 Å². The fraction of sp³-hybridized carbons (Fsp3) is 0.733. The molecule has 0 saturated heterocycles. The van der Waals surface area contributed by atoms with E-state index in [0.717, 1.165) is 50.9 Å². The van der Waals surface area contributed by atoms with E-state index in [9.17, 15) is 9.59 Å². The predicted molar refractivity (Wildman–Crippen MR) is 80.6 cm³/mol. The minimum absolute atomic E-state index is 0.0628. The third kappa shape index (κ3) is 4.29. The number of fused-ring (bicyclic) bond motifs is 1. The van der Waals surface area contributed by atoms with Crippen LogP contribution in [0.4, 0.5) is 0 Å². The summed E-state index contributed by atoms with van der Waals surface area (Å²) in [5, 5.41) is 19.9. The molecular formula is C15H24N4O3. The Kier molecular flexibility index (Phi) is 5.91. The Bertz CT molecular complexity index is 527. The van der Waals surface area contributed by atoms with Crippen molar-refractivity contribution in [2.75, 3.05) is 0 Å². The highest BCUT2D eigenvalue weighted by Gasteiger charge is 2.23. The first kappa shape index (κ1) is 16.5. The molecule has 2 N–H and O–H groups in total. The molecule has 0 saturated carbocycles. The highest BCUT2D eigenvalue weighted by atomic mass is 16.4. The highest BCUT2D eigenvalue weighted by molar-refractivity contribution is 5.91. The number of aromatic nitrogens is 3. The maximum atomic E-state index is 12.4. The summed E-state index contributed by atoms with van der Waals surface area (Å²) >= 11 is 0. The van der Waals surface area contributed by atoms with Gasteiger partial charge in [-0.3, -0.25) is 9.59 Å². The van der Waals surface area contributed by atoms with Gasteiger partial charge in [0.25, 0.3) is 5.91 Å². The molecule has 0 fully saturated rings. The van der Waals surface area contributed by atoms with Crippen molar-refractivity contribution in [3.63, 3.8) is 0 Å². The number of unbranched alkanes of at least 4 members (excludes halogenated alkanes) is 1. The summed E-state index contributed by atoms with van der Waals surface area (Å²) in [7, 11) is 0. The van der Waals surface area contributed by atoms with Gasteiger partial charge in [-0.1, -0.05) is 26.2 Å². The molecule has 0 aliphatic carbocycles. The van der Waals surface area contributed by atoms with E-state index in [1.807, 2.05) is 11.5 Å². The van der Waals surface area contributed by atoms with Gasteiger partial charge in [0.1, 0.15) is 5.82 Å². The van der Waals surface area contributed by atoms with Crippen LogP contribution in [0.1, 0.15) is 68.3 Å². The van der Waals surface area contributed by atoms with Crippen LogP contribution in [-0.4, -0.2) is 37.8 Å². The van der Waals surface area contributed by atoms with Crippen molar-refractivity contribution in [1.82, 2.24) is 20.1 Å². The highest BCUT2D eigenvalue weighted by Crippen LogP contribution is 2.15. The predicted octanol–water partition coefficient (Wildman–Crippen LogP) is 1.77. The van der Waals surface area contributed by atoms with E-state index in [1.54, 1.807) is 0 Å². The van der Waals surface area contributed by atoms with Crippen LogP contribution in [0.3, 0.4) is 0 Å². The second kappa shape index (κ2) is 7.91. The van der Waals surface area contributed by atoms with Crippen LogP contribution >= 0.6 is 0 Å². The molecule has 2 rings (SSSR count). The number of hydrogen-bond acceptors (Lipinski definition) is 4. The number of nitrogens with zero attached hydrogens (tertiary/aromatic N) is 3. The van der Waals surface area contributed by atoms with Crippen molar-refractivity contribution in [3.05, 3.63) is 11.6 Å². The quantitative estimate of drug-likeness (QED) is 0.800. The van der Waals surface area contributed by atoms with Gasteiger partial charge in [0.05, 0.1) is 6.42 Å². The molecule has 122 valence electrons. The Morgan fingerprint density at radius 3 is 2.86 bits per heavy atom. The number of nitrogens with one attached hydrogen (secondary N) is 1. The average molecular weight is 308 g/mol. The largest absolute Gasteiger partial charge is 0.481 e. The van der Waals surface area contributed by atoms with Crippen molar-refractivity contribution < 1.29 is 14.7 Å². The van der Waals surface area contributed by atoms with Crippen LogP contribution in [-0.2, 0) is 17.8 Å². The van der Waals surface area contributed by atoms with E-state index in [0.29, 0.717) is 12.2 Å². The lowest BCUT2D eigenvalue weighted by Gasteiger charge is -2.16. The fourth-order valence-electron chi connectivity index (χ4n) is 2.79.